The monoisotopic (exact) mass is 429 g/mol. The van der Waals surface area contributed by atoms with E-state index in [0.29, 0.717) is 32.5 Å². The third-order valence-corrected chi connectivity index (χ3v) is 6.07. The van der Waals surface area contributed by atoms with Crippen LogP contribution in [0.5, 0.6) is 0 Å². The lowest BCUT2D eigenvalue weighted by Crippen LogP contribution is -2.14. The van der Waals surface area contributed by atoms with E-state index in [1.54, 1.807) is 23.6 Å². The summed E-state index contributed by atoms with van der Waals surface area (Å²) >= 11 is 13.4. The Morgan fingerprint density at radius 3 is 2.61 bits per heavy atom. The summed E-state index contributed by atoms with van der Waals surface area (Å²) < 4.78 is 0. The van der Waals surface area contributed by atoms with Gasteiger partial charge in [0.05, 0.1) is 15.6 Å². The Morgan fingerprint density at radius 1 is 1.07 bits per heavy atom. The highest BCUT2D eigenvalue weighted by molar-refractivity contribution is 7.14. The zero-order valence-corrected chi connectivity index (χ0v) is 16.7. The van der Waals surface area contributed by atoms with Crippen LogP contribution in [0.3, 0.4) is 0 Å². The largest absolute Gasteiger partial charge is 0.478 e. The molecule has 0 aliphatic heterocycles. The van der Waals surface area contributed by atoms with Gasteiger partial charge < -0.3 is 10.4 Å². The average molecular weight is 430 g/mol. The molecule has 2 aromatic carbocycles. The van der Waals surface area contributed by atoms with Crippen molar-refractivity contribution in [2.24, 2.45) is 0 Å². The van der Waals surface area contributed by atoms with Crippen LogP contribution in [0.1, 0.15) is 21.5 Å². The van der Waals surface area contributed by atoms with Gasteiger partial charge >= 0.3 is 5.97 Å². The van der Waals surface area contributed by atoms with Crippen LogP contribution < -0.4 is 5.32 Å². The number of carbonyl (C=O) groups is 2. The van der Waals surface area contributed by atoms with Gasteiger partial charge in [-0.15, -0.1) is 11.3 Å². The summed E-state index contributed by atoms with van der Waals surface area (Å²) in [5.41, 5.74) is 3.30. The third-order valence-electron chi connectivity index (χ3n) is 4.51. The molecule has 0 saturated heterocycles. The fourth-order valence-electron chi connectivity index (χ4n) is 3.22. The predicted octanol–water partition coefficient (Wildman–Crippen LogP) is 6.00. The van der Waals surface area contributed by atoms with Crippen molar-refractivity contribution in [3.05, 3.63) is 80.7 Å². The Balaban J connectivity index is 1.69. The number of fused-ring (bicyclic) bond motifs is 1. The molecule has 0 radical (unpaired) electrons. The number of carbonyl (C=O) groups excluding carboxylic acids is 1. The molecule has 0 bridgehead atoms. The molecule has 0 spiro atoms. The van der Waals surface area contributed by atoms with Gasteiger partial charge in [0.2, 0.25) is 0 Å². The maximum Gasteiger partial charge on any atom is 0.339 e. The second-order valence-corrected chi connectivity index (χ2v) is 7.94. The molecule has 3 aromatic rings. The molecule has 1 aliphatic rings. The predicted molar refractivity (Wildman–Crippen MR) is 113 cm³/mol. The minimum Gasteiger partial charge on any atom is -0.478 e. The summed E-state index contributed by atoms with van der Waals surface area (Å²) in [6.07, 6.45) is 2.53. The van der Waals surface area contributed by atoms with Gasteiger partial charge in [0.15, 0.2) is 0 Å². The van der Waals surface area contributed by atoms with E-state index in [4.69, 9.17) is 23.2 Å². The van der Waals surface area contributed by atoms with Crippen molar-refractivity contribution in [1.82, 2.24) is 0 Å². The molecule has 140 valence electrons. The number of carboxylic acid groups (broad SMARTS) is 1. The fourth-order valence-corrected chi connectivity index (χ4v) is 4.81. The van der Waals surface area contributed by atoms with Crippen molar-refractivity contribution in [3.8, 4) is 10.4 Å². The third kappa shape index (κ3) is 3.33. The highest BCUT2D eigenvalue weighted by Crippen LogP contribution is 2.40. The molecule has 1 amide bonds. The first-order valence-corrected chi connectivity index (χ1v) is 9.99. The lowest BCUT2D eigenvalue weighted by Gasteiger charge is -2.09. The first-order chi connectivity index (χ1) is 13.5. The smallest absolute Gasteiger partial charge is 0.339 e. The summed E-state index contributed by atoms with van der Waals surface area (Å²) in [7, 11) is 0. The molecule has 1 aliphatic carbocycles. The van der Waals surface area contributed by atoms with Gasteiger partial charge in [-0.25, -0.2) is 4.79 Å². The summed E-state index contributed by atoms with van der Waals surface area (Å²) in [6, 6.07) is 12.5. The molecule has 2 N–H and O–H groups in total. The van der Waals surface area contributed by atoms with Crippen molar-refractivity contribution < 1.29 is 14.7 Å². The number of amides is 1. The lowest BCUT2D eigenvalue weighted by molar-refractivity contribution is -0.111. The van der Waals surface area contributed by atoms with Gasteiger partial charge in [0, 0.05) is 21.5 Å². The molecule has 1 heterocycles. The van der Waals surface area contributed by atoms with E-state index in [-0.39, 0.29) is 17.2 Å². The SMILES string of the molecule is O=C(Nc1csc(-c2ccc(Cl)cc2Cl)c1C(=O)O)C1=CCc2ccccc21. The summed E-state index contributed by atoms with van der Waals surface area (Å²) in [5, 5.41) is 14.9. The van der Waals surface area contributed by atoms with E-state index in [1.807, 2.05) is 30.3 Å². The van der Waals surface area contributed by atoms with Gasteiger partial charge in [0.25, 0.3) is 5.91 Å². The summed E-state index contributed by atoms with van der Waals surface area (Å²) in [4.78, 5) is 25.2. The minimum atomic E-state index is -1.14. The molecular weight excluding hydrogens is 417 g/mol. The Bertz CT molecular complexity index is 1150. The quantitative estimate of drug-likeness (QED) is 0.534. The molecule has 0 atom stereocenters. The Labute approximate surface area is 175 Å². The number of nitrogens with one attached hydrogen (secondary N) is 1. The van der Waals surface area contributed by atoms with Gasteiger partial charge in [-0.2, -0.15) is 0 Å². The normalized spacial score (nSPS) is 12.4. The van der Waals surface area contributed by atoms with Crippen LogP contribution in [-0.2, 0) is 11.2 Å². The number of anilines is 1. The van der Waals surface area contributed by atoms with Crippen molar-refractivity contribution in [2.45, 2.75) is 6.42 Å². The van der Waals surface area contributed by atoms with E-state index in [2.05, 4.69) is 5.32 Å². The molecule has 0 unspecified atom stereocenters. The van der Waals surface area contributed by atoms with Crippen LogP contribution in [0, 0.1) is 0 Å². The Morgan fingerprint density at radius 2 is 1.86 bits per heavy atom. The van der Waals surface area contributed by atoms with E-state index >= 15 is 0 Å². The molecule has 1 aromatic heterocycles. The van der Waals surface area contributed by atoms with E-state index in [0.717, 1.165) is 11.1 Å². The summed E-state index contributed by atoms with van der Waals surface area (Å²) in [6.45, 7) is 0. The van der Waals surface area contributed by atoms with Crippen LogP contribution in [-0.4, -0.2) is 17.0 Å². The van der Waals surface area contributed by atoms with Crippen LogP contribution in [0.2, 0.25) is 10.0 Å². The molecular formula is C21H13Cl2NO3S. The average Bonchev–Trinajstić information content (AvgIpc) is 3.26. The number of hydrogen-bond acceptors (Lipinski definition) is 3. The number of allylic oxidation sites excluding steroid dienone is 1. The van der Waals surface area contributed by atoms with Crippen molar-refractivity contribution in [3.63, 3.8) is 0 Å². The fraction of sp³-hybridized carbons (Fsp3) is 0.0476. The number of carboxylic acids is 1. The van der Waals surface area contributed by atoms with Crippen molar-refractivity contribution in [1.29, 1.82) is 0 Å². The Kier molecular flexibility index (Phi) is 4.98. The lowest BCUT2D eigenvalue weighted by atomic mass is 10.0. The van der Waals surface area contributed by atoms with Crippen LogP contribution in [0.4, 0.5) is 5.69 Å². The van der Waals surface area contributed by atoms with Gasteiger partial charge in [-0.1, -0.05) is 59.6 Å². The van der Waals surface area contributed by atoms with Gasteiger partial charge in [0.1, 0.15) is 5.56 Å². The van der Waals surface area contributed by atoms with Crippen LogP contribution >= 0.6 is 34.5 Å². The maximum absolute atomic E-state index is 12.8. The number of rotatable bonds is 4. The molecule has 28 heavy (non-hydrogen) atoms. The number of halogens is 2. The van der Waals surface area contributed by atoms with Gasteiger partial charge in [-0.3, -0.25) is 4.79 Å². The Hall–Kier alpha value is -2.60. The standard InChI is InChI=1S/C21H13Cl2NO3S/c22-12-6-8-15(16(23)9-12)19-18(21(26)27)17(10-28-19)24-20(25)14-7-5-11-3-1-2-4-13(11)14/h1-4,6-10H,5H2,(H,24,25)(H,26,27). The summed E-state index contributed by atoms with van der Waals surface area (Å²) in [5.74, 6) is -1.47. The van der Waals surface area contributed by atoms with E-state index in [9.17, 15) is 14.7 Å². The highest BCUT2D eigenvalue weighted by Gasteiger charge is 2.25. The highest BCUT2D eigenvalue weighted by atomic mass is 35.5. The zero-order valence-electron chi connectivity index (χ0n) is 14.3. The first-order valence-electron chi connectivity index (χ1n) is 8.35. The van der Waals surface area contributed by atoms with Gasteiger partial charge in [-0.05, 0) is 29.7 Å². The molecule has 7 heteroatoms. The van der Waals surface area contributed by atoms with E-state index < -0.39 is 5.97 Å². The van der Waals surface area contributed by atoms with Crippen molar-refractivity contribution in [2.75, 3.05) is 5.32 Å². The maximum atomic E-state index is 12.8. The van der Waals surface area contributed by atoms with Crippen LogP contribution in [0.25, 0.3) is 16.0 Å². The van der Waals surface area contributed by atoms with Crippen LogP contribution in [0.15, 0.2) is 53.9 Å². The van der Waals surface area contributed by atoms with Crippen molar-refractivity contribution >= 4 is 57.7 Å². The number of thiophene rings is 1. The molecule has 4 rings (SSSR count). The second-order valence-electron chi connectivity index (χ2n) is 6.22. The molecule has 0 saturated carbocycles. The number of benzene rings is 2. The minimum absolute atomic E-state index is 0.00875. The zero-order chi connectivity index (χ0) is 19.8. The molecule has 0 fully saturated rings. The number of aromatic carboxylic acids is 1. The number of hydrogen-bond donors (Lipinski definition) is 2. The molecule has 4 nitrogen and oxygen atoms in total. The second kappa shape index (κ2) is 7.43. The first kappa shape index (κ1) is 18.7. The van der Waals surface area contributed by atoms with E-state index in [1.165, 1.54) is 11.3 Å². The topological polar surface area (TPSA) is 66.4 Å².